The molecule has 5 nitrogen and oxygen atoms in total. The highest BCUT2D eigenvalue weighted by molar-refractivity contribution is 5.47. The number of aromatic nitrogens is 3. The summed E-state index contributed by atoms with van der Waals surface area (Å²) in [6.45, 7) is 2.75. The van der Waals surface area contributed by atoms with Crippen molar-refractivity contribution < 1.29 is 8.91 Å². The molecule has 0 atom stereocenters. The number of rotatable bonds is 3. The van der Waals surface area contributed by atoms with E-state index in [2.05, 4.69) is 22.0 Å². The zero-order chi connectivity index (χ0) is 14.9. The van der Waals surface area contributed by atoms with Crippen LogP contribution in [0, 0.1) is 11.7 Å². The molecule has 21 heavy (non-hydrogen) atoms. The van der Waals surface area contributed by atoms with E-state index < -0.39 is 0 Å². The summed E-state index contributed by atoms with van der Waals surface area (Å²) in [4.78, 5) is 8.44. The SMILES string of the molecule is CC1CCC(CN)(c2nc(-c3ccc(F)cn3)no2)CC1. The van der Waals surface area contributed by atoms with Crippen LogP contribution in [0.1, 0.15) is 38.5 Å². The molecule has 1 fully saturated rings. The molecule has 0 unspecified atom stereocenters. The maximum atomic E-state index is 12.9. The molecule has 0 saturated heterocycles. The van der Waals surface area contributed by atoms with E-state index in [1.807, 2.05) is 0 Å². The Bertz CT molecular complexity index is 602. The van der Waals surface area contributed by atoms with Crippen molar-refractivity contribution in [3.8, 4) is 11.5 Å². The van der Waals surface area contributed by atoms with Crippen molar-refractivity contribution in [1.29, 1.82) is 0 Å². The molecular weight excluding hydrogens is 271 g/mol. The second kappa shape index (κ2) is 5.52. The van der Waals surface area contributed by atoms with Crippen molar-refractivity contribution in [3.05, 3.63) is 30.0 Å². The van der Waals surface area contributed by atoms with Crippen LogP contribution in [0.2, 0.25) is 0 Å². The first-order valence-electron chi connectivity index (χ1n) is 7.29. The van der Waals surface area contributed by atoms with Gasteiger partial charge < -0.3 is 10.3 Å². The lowest BCUT2D eigenvalue weighted by Crippen LogP contribution is -2.39. The van der Waals surface area contributed by atoms with Crippen LogP contribution in [-0.2, 0) is 5.41 Å². The van der Waals surface area contributed by atoms with Gasteiger partial charge in [0.25, 0.3) is 0 Å². The van der Waals surface area contributed by atoms with Gasteiger partial charge in [-0.05, 0) is 43.7 Å². The topological polar surface area (TPSA) is 77.8 Å². The van der Waals surface area contributed by atoms with Gasteiger partial charge in [0.1, 0.15) is 11.5 Å². The van der Waals surface area contributed by atoms with Crippen LogP contribution in [0.3, 0.4) is 0 Å². The van der Waals surface area contributed by atoms with E-state index in [0.717, 1.165) is 31.9 Å². The number of pyridine rings is 1. The molecule has 2 heterocycles. The molecule has 1 aliphatic rings. The van der Waals surface area contributed by atoms with Gasteiger partial charge in [-0.15, -0.1) is 0 Å². The standard InChI is InChI=1S/C15H19FN4O/c1-10-4-6-15(9-17,7-5-10)14-19-13(20-21-14)12-3-2-11(16)8-18-12/h2-3,8,10H,4-7,9,17H2,1H3. The van der Waals surface area contributed by atoms with Crippen molar-refractivity contribution in [3.63, 3.8) is 0 Å². The first kappa shape index (κ1) is 14.1. The van der Waals surface area contributed by atoms with E-state index in [4.69, 9.17) is 10.3 Å². The molecule has 0 aliphatic heterocycles. The number of hydrogen-bond donors (Lipinski definition) is 1. The van der Waals surface area contributed by atoms with Crippen LogP contribution >= 0.6 is 0 Å². The van der Waals surface area contributed by atoms with Gasteiger partial charge in [0.05, 0.1) is 11.6 Å². The minimum absolute atomic E-state index is 0.224. The molecule has 6 heteroatoms. The Morgan fingerprint density at radius 3 is 2.76 bits per heavy atom. The fraction of sp³-hybridized carbons (Fsp3) is 0.533. The molecule has 0 spiro atoms. The molecule has 2 aromatic rings. The van der Waals surface area contributed by atoms with Gasteiger partial charge >= 0.3 is 0 Å². The van der Waals surface area contributed by atoms with E-state index in [1.54, 1.807) is 6.07 Å². The first-order valence-corrected chi connectivity index (χ1v) is 7.29. The lowest BCUT2D eigenvalue weighted by Gasteiger charge is -2.35. The number of nitrogens with zero attached hydrogens (tertiary/aromatic N) is 3. The fourth-order valence-electron chi connectivity index (χ4n) is 2.87. The van der Waals surface area contributed by atoms with Gasteiger partial charge in [-0.2, -0.15) is 4.98 Å². The molecule has 3 rings (SSSR count). The second-order valence-electron chi connectivity index (χ2n) is 5.95. The number of nitrogens with two attached hydrogens (primary N) is 1. The normalized spacial score (nSPS) is 26.0. The summed E-state index contributed by atoms with van der Waals surface area (Å²) in [5.41, 5.74) is 6.27. The Morgan fingerprint density at radius 2 is 2.14 bits per heavy atom. The third-order valence-electron chi connectivity index (χ3n) is 4.46. The highest BCUT2D eigenvalue weighted by atomic mass is 19.1. The quantitative estimate of drug-likeness (QED) is 0.940. The van der Waals surface area contributed by atoms with Gasteiger partial charge in [-0.3, -0.25) is 0 Å². The molecule has 0 amide bonds. The summed E-state index contributed by atoms with van der Waals surface area (Å²) in [7, 11) is 0. The minimum atomic E-state index is -0.387. The zero-order valence-corrected chi connectivity index (χ0v) is 12.1. The second-order valence-corrected chi connectivity index (χ2v) is 5.95. The monoisotopic (exact) mass is 290 g/mol. The lowest BCUT2D eigenvalue weighted by molar-refractivity contribution is 0.191. The Kier molecular flexibility index (Phi) is 3.71. The number of halogens is 1. The van der Waals surface area contributed by atoms with Crippen LogP contribution in [0.4, 0.5) is 4.39 Å². The van der Waals surface area contributed by atoms with Crippen LogP contribution < -0.4 is 5.73 Å². The summed E-state index contributed by atoms with van der Waals surface area (Å²) in [6.07, 6.45) is 5.30. The Labute approximate surface area is 122 Å². The van der Waals surface area contributed by atoms with Gasteiger partial charge in [0.15, 0.2) is 0 Å². The summed E-state index contributed by atoms with van der Waals surface area (Å²) in [5.74, 6) is 1.29. The average Bonchev–Trinajstić information content (AvgIpc) is 3.00. The van der Waals surface area contributed by atoms with Gasteiger partial charge in [-0.1, -0.05) is 12.1 Å². The molecule has 1 saturated carbocycles. The highest BCUT2D eigenvalue weighted by Crippen LogP contribution is 2.40. The third kappa shape index (κ3) is 2.68. The van der Waals surface area contributed by atoms with E-state index in [9.17, 15) is 4.39 Å². The molecule has 0 aromatic carbocycles. The molecule has 2 aromatic heterocycles. The Morgan fingerprint density at radius 1 is 1.38 bits per heavy atom. The van der Waals surface area contributed by atoms with Gasteiger partial charge in [0.2, 0.25) is 11.7 Å². The summed E-state index contributed by atoms with van der Waals surface area (Å²) in [6, 6.07) is 2.88. The molecule has 0 bridgehead atoms. The summed E-state index contributed by atoms with van der Waals surface area (Å²) >= 11 is 0. The van der Waals surface area contributed by atoms with Crippen LogP contribution in [0.5, 0.6) is 0 Å². The average molecular weight is 290 g/mol. The zero-order valence-electron chi connectivity index (χ0n) is 12.1. The van der Waals surface area contributed by atoms with E-state index in [0.29, 0.717) is 29.9 Å². The maximum absolute atomic E-state index is 12.9. The van der Waals surface area contributed by atoms with Crippen molar-refractivity contribution >= 4 is 0 Å². The lowest BCUT2D eigenvalue weighted by atomic mass is 9.71. The Hall–Kier alpha value is -1.82. The molecular formula is C15H19FN4O. The predicted octanol–water partition coefficient (Wildman–Crippen LogP) is 2.68. The van der Waals surface area contributed by atoms with Crippen molar-refractivity contribution in [1.82, 2.24) is 15.1 Å². The van der Waals surface area contributed by atoms with Crippen molar-refractivity contribution in [2.45, 2.75) is 38.0 Å². The van der Waals surface area contributed by atoms with Crippen LogP contribution in [-0.4, -0.2) is 21.7 Å². The minimum Gasteiger partial charge on any atom is -0.338 e. The summed E-state index contributed by atoms with van der Waals surface area (Å²) < 4.78 is 18.4. The van der Waals surface area contributed by atoms with E-state index in [1.165, 1.54) is 6.07 Å². The van der Waals surface area contributed by atoms with Crippen molar-refractivity contribution in [2.75, 3.05) is 6.54 Å². The molecule has 1 aliphatic carbocycles. The van der Waals surface area contributed by atoms with Crippen molar-refractivity contribution in [2.24, 2.45) is 11.7 Å². The summed E-state index contributed by atoms with van der Waals surface area (Å²) in [5, 5.41) is 3.98. The van der Waals surface area contributed by atoms with E-state index >= 15 is 0 Å². The van der Waals surface area contributed by atoms with Gasteiger partial charge in [-0.25, -0.2) is 9.37 Å². The molecule has 0 radical (unpaired) electrons. The smallest absolute Gasteiger partial charge is 0.234 e. The fourth-order valence-corrected chi connectivity index (χ4v) is 2.87. The Balaban J connectivity index is 1.88. The largest absolute Gasteiger partial charge is 0.338 e. The van der Waals surface area contributed by atoms with Crippen LogP contribution in [0.25, 0.3) is 11.5 Å². The molecule has 2 N–H and O–H groups in total. The van der Waals surface area contributed by atoms with Gasteiger partial charge in [0, 0.05) is 6.54 Å². The maximum Gasteiger partial charge on any atom is 0.234 e. The highest BCUT2D eigenvalue weighted by Gasteiger charge is 2.39. The van der Waals surface area contributed by atoms with Crippen LogP contribution in [0.15, 0.2) is 22.9 Å². The predicted molar refractivity (Wildman–Crippen MR) is 75.9 cm³/mol. The number of hydrogen-bond acceptors (Lipinski definition) is 5. The third-order valence-corrected chi connectivity index (χ3v) is 4.46. The molecule has 112 valence electrons. The van der Waals surface area contributed by atoms with E-state index in [-0.39, 0.29) is 11.2 Å². The first-order chi connectivity index (χ1) is 10.1.